The van der Waals surface area contributed by atoms with E-state index >= 15 is 0 Å². The van der Waals surface area contributed by atoms with Crippen LogP contribution in [-0.4, -0.2) is 35.6 Å². The summed E-state index contributed by atoms with van der Waals surface area (Å²) in [4.78, 5) is 33.2. The Bertz CT molecular complexity index is 1670. The van der Waals surface area contributed by atoms with Crippen molar-refractivity contribution in [2.45, 2.75) is 20.4 Å². The van der Waals surface area contributed by atoms with E-state index in [2.05, 4.69) is 25.5 Å². The number of aromatic carboxylic acids is 1. The monoisotopic (exact) mass is 572 g/mol. The Balaban J connectivity index is 0.00000164. The molecular weight excluding hydrogens is 555 g/mol. The molecule has 0 spiro atoms. The van der Waals surface area contributed by atoms with Crippen molar-refractivity contribution in [2.75, 3.05) is 5.32 Å². The molecule has 0 aliphatic rings. The van der Waals surface area contributed by atoms with E-state index in [1.54, 1.807) is 30.3 Å². The molecule has 0 fully saturated rings. The highest BCUT2D eigenvalue weighted by molar-refractivity contribution is 6.33. The zero-order valence-corrected chi connectivity index (χ0v) is 22.2. The van der Waals surface area contributed by atoms with Gasteiger partial charge in [-0.1, -0.05) is 60.8 Å². The van der Waals surface area contributed by atoms with Gasteiger partial charge >= 0.3 is 5.97 Å². The van der Waals surface area contributed by atoms with E-state index in [0.717, 1.165) is 0 Å². The molecule has 13 heteroatoms. The first-order valence-electron chi connectivity index (χ1n) is 11.2. The normalized spacial score (nSPS) is 10.7. The minimum Gasteiger partial charge on any atom is -0.476 e. The zero-order valence-electron chi connectivity index (χ0n) is 19.9. The number of hydrogen-bond donors (Lipinski definition) is 2. The van der Waals surface area contributed by atoms with Gasteiger partial charge in [0, 0.05) is 29.4 Å². The number of carbonyl (C=O) groups is 1. The smallest absolute Gasteiger partial charge is 0.356 e. The van der Waals surface area contributed by atoms with Crippen LogP contribution in [0.1, 0.15) is 29.9 Å². The first kappa shape index (κ1) is 27.1. The molecule has 1 aromatic carbocycles. The molecule has 5 rings (SSSR count). The Morgan fingerprint density at radius 2 is 1.76 bits per heavy atom. The average molecular weight is 574 g/mol. The van der Waals surface area contributed by atoms with E-state index in [1.807, 2.05) is 13.8 Å². The van der Waals surface area contributed by atoms with Crippen LogP contribution in [0.15, 0.2) is 64.3 Å². The Kier molecular flexibility index (Phi) is 8.26. The van der Waals surface area contributed by atoms with Gasteiger partial charge in [0.2, 0.25) is 12.3 Å². The standard InChI is InChI=1S/C23H13Cl3N6O4.C2H6/c24-14-7-13(8-27-15-5-6-16(25)29-19(15)23(34)35)20-30-18(17(26)22(33)32(20)9-14)11-1-3-12(4-2-11)21-31-28-10-36-21;1-2/h1-7,9-10,27H,8H2,(H,34,35);1-2H3. The Morgan fingerprint density at radius 1 is 1.05 bits per heavy atom. The fourth-order valence-electron chi connectivity index (χ4n) is 3.57. The molecule has 194 valence electrons. The third kappa shape index (κ3) is 5.47. The van der Waals surface area contributed by atoms with Gasteiger partial charge in [-0.15, -0.1) is 10.2 Å². The lowest BCUT2D eigenvalue weighted by Crippen LogP contribution is -2.19. The van der Waals surface area contributed by atoms with Gasteiger partial charge in [0.25, 0.3) is 5.56 Å². The molecule has 5 aromatic rings. The summed E-state index contributed by atoms with van der Waals surface area (Å²) in [6.07, 6.45) is 2.64. The van der Waals surface area contributed by atoms with Crippen LogP contribution in [0.4, 0.5) is 5.69 Å². The first-order chi connectivity index (χ1) is 18.3. The van der Waals surface area contributed by atoms with Crippen LogP contribution < -0.4 is 10.9 Å². The molecule has 0 saturated heterocycles. The van der Waals surface area contributed by atoms with Crippen molar-refractivity contribution >= 4 is 52.1 Å². The van der Waals surface area contributed by atoms with Crippen LogP contribution >= 0.6 is 34.8 Å². The predicted octanol–water partition coefficient (Wildman–Crippen LogP) is 6.10. The van der Waals surface area contributed by atoms with E-state index in [1.165, 1.54) is 29.1 Å². The average Bonchev–Trinajstić information content (AvgIpc) is 3.46. The molecule has 0 unspecified atom stereocenters. The lowest BCUT2D eigenvalue weighted by molar-refractivity contribution is 0.0691. The molecular formula is C25H19Cl3N6O4. The summed E-state index contributed by atoms with van der Waals surface area (Å²) in [6, 6.07) is 11.5. The number of aromatic nitrogens is 5. The summed E-state index contributed by atoms with van der Waals surface area (Å²) < 4.78 is 6.45. The van der Waals surface area contributed by atoms with E-state index in [0.29, 0.717) is 22.6 Å². The Morgan fingerprint density at radius 3 is 2.42 bits per heavy atom. The fraction of sp³-hybridized carbons (Fsp3) is 0.120. The zero-order chi connectivity index (χ0) is 27.4. The topological polar surface area (TPSA) is 136 Å². The van der Waals surface area contributed by atoms with Crippen LogP contribution in [-0.2, 0) is 6.54 Å². The van der Waals surface area contributed by atoms with Crippen LogP contribution in [0, 0.1) is 0 Å². The molecule has 38 heavy (non-hydrogen) atoms. The molecule has 0 radical (unpaired) electrons. The van der Waals surface area contributed by atoms with Gasteiger partial charge in [-0.2, -0.15) is 0 Å². The summed E-state index contributed by atoms with van der Waals surface area (Å²) in [5.41, 5.74) is 1.83. The maximum absolute atomic E-state index is 13.1. The van der Waals surface area contributed by atoms with Gasteiger partial charge < -0.3 is 14.8 Å². The van der Waals surface area contributed by atoms with Gasteiger partial charge in [0.05, 0.1) is 16.4 Å². The second-order valence-corrected chi connectivity index (χ2v) is 8.67. The van der Waals surface area contributed by atoms with Crippen LogP contribution in [0.2, 0.25) is 15.2 Å². The number of nitrogens with zero attached hydrogens (tertiary/aromatic N) is 5. The van der Waals surface area contributed by atoms with Crippen molar-refractivity contribution in [3.63, 3.8) is 0 Å². The maximum Gasteiger partial charge on any atom is 0.356 e. The molecule has 2 N–H and O–H groups in total. The molecule has 10 nitrogen and oxygen atoms in total. The molecule has 4 heterocycles. The summed E-state index contributed by atoms with van der Waals surface area (Å²) in [5.74, 6) is -0.900. The second-order valence-electron chi connectivity index (χ2n) is 7.47. The Labute approximate surface area is 230 Å². The highest BCUT2D eigenvalue weighted by Gasteiger charge is 2.18. The highest BCUT2D eigenvalue weighted by atomic mass is 35.5. The number of hydrogen-bond acceptors (Lipinski definition) is 8. The van der Waals surface area contributed by atoms with Crippen molar-refractivity contribution in [3.8, 4) is 22.7 Å². The number of carboxylic acid groups (broad SMARTS) is 1. The van der Waals surface area contributed by atoms with Crippen molar-refractivity contribution < 1.29 is 14.3 Å². The van der Waals surface area contributed by atoms with Gasteiger partial charge in [0.1, 0.15) is 15.8 Å². The number of anilines is 1. The highest BCUT2D eigenvalue weighted by Crippen LogP contribution is 2.28. The summed E-state index contributed by atoms with van der Waals surface area (Å²) in [7, 11) is 0. The molecule has 0 aliphatic carbocycles. The summed E-state index contributed by atoms with van der Waals surface area (Å²) >= 11 is 18.5. The van der Waals surface area contributed by atoms with Crippen molar-refractivity contribution in [3.05, 3.63) is 91.9 Å². The number of nitrogens with one attached hydrogen (secondary N) is 1. The number of carboxylic acids is 1. The van der Waals surface area contributed by atoms with Crippen molar-refractivity contribution in [1.29, 1.82) is 0 Å². The van der Waals surface area contributed by atoms with E-state index < -0.39 is 11.5 Å². The minimum atomic E-state index is -1.25. The number of fused-ring (bicyclic) bond motifs is 1. The SMILES string of the molecule is CC.O=C(O)c1nc(Cl)ccc1NCc1cc(Cl)cn2c(=O)c(Cl)c(-c3ccc(-c4nnco4)cc3)nc12. The quantitative estimate of drug-likeness (QED) is 0.231. The minimum absolute atomic E-state index is 0.0452. The number of rotatable bonds is 6. The van der Waals surface area contributed by atoms with Crippen LogP contribution in [0.3, 0.4) is 0 Å². The number of pyridine rings is 2. The maximum atomic E-state index is 13.1. The molecule has 0 saturated carbocycles. The summed E-state index contributed by atoms with van der Waals surface area (Å²) in [5, 5.41) is 20.2. The largest absolute Gasteiger partial charge is 0.476 e. The molecule has 0 amide bonds. The van der Waals surface area contributed by atoms with E-state index in [-0.39, 0.29) is 44.5 Å². The number of halogens is 3. The third-order valence-corrected chi connectivity index (χ3v) is 5.97. The van der Waals surface area contributed by atoms with Crippen molar-refractivity contribution in [1.82, 2.24) is 24.6 Å². The fourth-order valence-corrected chi connectivity index (χ4v) is 4.19. The van der Waals surface area contributed by atoms with Crippen molar-refractivity contribution in [2.24, 2.45) is 0 Å². The molecule has 4 aromatic heterocycles. The molecule has 0 bridgehead atoms. The van der Waals surface area contributed by atoms with Crippen LogP contribution in [0.5, 0.6) is 0 Å². The van der Waals surface area contributed by atoms with Gasteiger partial charge in [-0.3, -0.25) is 9.20 Å². The predicted molar refractivity (Wildman–Crippen MR) is 145 cm³/mol. The molecule has 0 aliphatic heterocycles. The van der Waals surface area contributed by atoms with E-state index in [9.17, 15) is 14.7 Å². The second kappa shape index (κ2) is 11.6. The first-order valence-corrected chi connectivity index (χ1v) is 12.4. The van der Waals surface area contributed by atoms with Gasteiger partial charge in [-0.25, -0.2) is 14.8 Å². The lowest BCUT2D eigenvalue weighted by atomic mass is 10.1. The van der Waals surface area contributed by atoms with Crippen LogP contribution in [0.25, 0.3) is 28.4 Å². The van der Waals surface area contributed by atoms with Gasteiger partial charge in [-0.05, 0) is 30.3 Å². The lowest BCUT2D eigenvalue weighted by Gasteiger charge is -2.14. The summed E-state index contributed by atoms with van der Waals surface area (Å²) in [6.45, 7) is 4.08. The van der Waals surface area contributed by atoms with E-state index in [4.69, 9.17) is 39.2 Å². The number of benzene rings is 1. The molecule has 0 atom stereocenters. The Hall–Kier alpha value is -3.99. The van der Waals surface area contributed by atoms with Gasteiger partial charge in [0.15, 0.2) is 5.69 Å². The third-order valence-electron chi connectivity index (χ3n) is 5.21.